The fraction of sp³-hybridized carbons (Fsp3) is 0.600. The Morgan fingerprint density at radius 1 is 1.10 bits per heavy atom. The van der Waals surface area contributed by atoms with Crippen molar-refractivity contribution in [1.29, 1.82) is 0 Å². The molecule has 112 valence electrons. The van der Waals surface area contributed by atoms with Gasteiger partial charge in [0.1, 0.15) is 0 Å². The van der Waals surface area contributed by atoms with Gasteiger partial charge in [0.05, 0.1) is 17.6 Å². The fourth-order valence-electron chi connectivity index (χ4n) is 2.81. The first kappa shape index (κ1) is 15.2. The molecule has 0 unspecified atom stereocenters. The molecule has 2 rings (SSSR count). The Bertz CT molecular complexity index is 522. The lowest BCUT2D eigenvalue weighted by Gasteiger charge is -2.22. The highest BCUT2D eigenvalue weighted by Crippen LogP contribution is 2.27. The highest BCUT2D eigenvalue weighted by molar-refractivity contribution is 7.92. The van der Waals surface area contributed by atoms with E-state index in [1.54, 1.807) is 6.07 Å². The van der Waals surface area contributed by atoms with Gasteiger partial charge in [0.15, 0.2) is 0 Å². The lowest BCUT2D eigenvalue weighted by Crippen LogP contribution is -2.14. The predicted molar refractivity (Wildman–Crippen MR) is 84.6 cm³/mol. The molecule has 1 aromatic rings. The van der Waals surface area contributed by atoms with Crippen LogP contribution in [0.2, 0.25) is 0 Å². The van der Waals surface area contributed by atoms with E-state index in [0.29, 0.717) is 5.69 Å². The fourth-order valence-corrected chi connectivity index (χ4v) is 3.39. The molecule has 4 nitrogen and oxygen atoms in total. The summed E-state index contributed by atoms with van der Waals surface area (Å²) in [5.41, 5.74) is 1.48. The first-order valence-electron chi connectivity index (χ1n) is 7.35. The van der Waals surface area contributed by atoms with E-state index in [2.05, 4.69) is 10.0 Å². The summed E-state index contributed by atoms with van der Waals surface area (Å²) in [6.07, 6.45) is 9.10. The van der Waals surface area contributed by atoms with E-state index in [1.165, 1.54) is 38.4 Å². The summed E-state index contributed by atoms with van der Waals surface area (Å²) in [7, 11) is -3.24. The van der Waals surface area contributed by atoms with Crippen LogP contribution < -0.4 is 10.0 Å². The molecule has 0 aliphatic heterocycles. The number of hydrogen-bond donors (Lipinski definition) is 2. The van der Waals surface area contributed by atoms with Crippen LogP contribution in [0.3, 0.4) is 0 Å². The van der Waals surface area contributed by atoms with Crippen molar-refractivity contribution in [3.05, 3.63) is 24.3 Å². The Hall–Kier alpha value is -1.23. The van der Waals surface area contributed by atoms with Crippen molar-refractivity contribution in [2.45, 2.75) is 38.5 Å². The molecule has 1 aliphatic rings. The largest absolute Gasteiger partial charge is 0.383 e. The molecule has 0 aromatic heterocycles. The van der Waals surface area contributed by atoms with Crippen molar-refractivity contribution >= 4 is 21.4 Å². The van der Waals surface area contributed by atoms with Crippen molar-refractivity contribution in [2.24, 2.45) is 5.92 Å². The molecule has 0 atom stereocenters. The van der Waals surface area contributed by atoms with Crippen LogP contribution in [0.5, 0.6) is 0 Å². The highest BCUT2D eigenvalue weighted by Gasteiger charge is 2.13. The number of rotatable bonds is 6. The van der Waals surface area contributed by atoms with Gasteiger partial charge in [-0.15, -0.1) is 0 Å². The van der Waals surface area contributed by atoms with E-state index in [9.17, 15) is 8.42 Å². The van der Waals surface area contributed by atoms with Crippen LogP contribution in [0.25, 0.3) is 0 Å². The van der Waals surface area contributed by atoms with Crippen LogP contribution >= 0.6 is 0 Å². The Kier molecular flexibility index (Phi) is 5.29. The molecule has 0 amide bonds. The van der Waals surface area contributed by atoms with Gasteiger partial charge < -0.3 is 5.32 Å². The van der Waals surface area contributed by atoms with Gasteiger partial charge in [-0.05, 0) is 24.5 Å². The van der Waals surface area contributed by atoms with Crippen LogP contribution in [0.1, 0.15) is 38.5 Å². The smallest absolute Gasteiger partial charge is 0.229 e. The predicted octanol–water partition coefficient (Wildman–Crippen LogP) is 3.44. The van der Waals surface area contributed by atoms with E-state index >= 15 is 0 Å². The number of hydrogen-bond acceptors (Lipinski definition) is 3. The molecule has 1 fully saturated rings. The SMILES string of the molecule is CS(=O)(=O)Nc1ccccc1NCCC1CCCCC1. The molecule has 20 heavy (non-hydrogen) atoms. The second-order valence-electron chi connectivity index (χ2n) is 5.64. The summed E-state index contributed by atoms with van der Waals surface area (Å²) in [5.74, 6) is 0.825. The van der Waals surface area contributed by atoms with E-state index < -0.39 is 10.0 Å². The Balaban J connectivity index is 1.88. The minimum Gasteiger partial charge on any atom is -0.383 e. The third-order valence-corrected chi connectivity index (χ3v) is 4.41. The molecule has 0 heterocycles. The lowest BCUT2D eigenvalue weighted by atomic mass is 9.87. The molecule has 5 heteroatoms. The van der Waals surface area contributed by atoms with Crippen LogP contribution in [0.15, 0.2) is 24.3 Å². The van der Waals surface area contributed by atoms with Crippen LogP contribution in [-0.2, 0) is 10.0 Å². The zero-order valence-corrected chi connectivity index (χ0v) is 12.9. The molecule has 0 bridgehead atoms. The van der Waals surface area contributed by atoms with Crippen molar-refractivity contribution < 1.29 is 8.42 Å². The molecular weight excluding hydrogens is 272 g/mol. The molecule has 0 spiro atoms. The highest BCUT2D eigenvalue weighted by atomic mass is 32.2. The summed E-state index contributed by atoms with van der Waals surface area (Å²) >= 11 is 0. The topological polar surface area (TPSA) is 58.2 Å². The van der Waals surface area contributed by atoms with Gasteiger partial charge in [-0.25, -0.2) is 8.42 Å². The van der Waals surface area contributed by atoms with Crippen LogP contribution in [0, 0.1) is 5.92 Å². The summed E-state index contributed by atoms with van der Waals surface area (Å²) in [4.78, 5) is 0. The van der Waals surface area contributed by atoms with Crippen molar-refractivity contribution in [1.82, 2.24) is 0 Å². The standard InChI is InChI=1S/C15H24N2O2S/c1-20(18,19)17-15-10-6-5-9-14(15)16-12-11-13-7-3-2-4-8-13/h5-6,9-10,13,16-17H,2-4,7-8,11-12H2,1H3. The van der Waals surface area contributed by atoms with Crippen LogP contribution in [0.4, 0.5) is 11.4 Å². The number of benzene rings is 1. The Labute approximate surface area is 122 Å². The van der Waals surface area contributed by atoms with E-state index in [1.807, 2.05) is 18.2 Å². The van der Waals surface area contributed by atoms with Crippen molar-refractivity contribution in [3.8, 4) is 0 Å². The van der Waals surface area contributed by atoms with Gasteiger partial charge in [0, 0.05) is 6.54 Å². The molecule has 1 aliphatic carbocycles. The zero-order valence-electron chi connectivity index (χ0n) is 12.1. The summed E-state index contributed by atoms with van der Waals surface area (Å²) in [5, 5.41) is 3.36. The van der Waals surface area contributed by atoms with Gasteiger partial charge in [-0.2, -0.15) is 0 Å². The molecule has 1 aromatic carbocycles. The second-order valence-corrected chi connectivity index (χ2v) is 7.39. The third kappa shape index (κ3) is 5.04. The maximum Gasteiger partial charge on any atom is 0.229 e. The number of sulfonamides is 1. The molecule has 1 saturated carbocycles. The summed E-state index contributed by atoms with van der Waals surface area (Å²) in [6, 6.07) is 7.44. The Morgan fingerprint density at radius 3 is 2.40 bits per heavy atom. The summed E-state index contributed by atoms with van der Waals surface area (Å²) < 4.78 is 25.2. The summed E-state index contributed by atoms with van der Waals surface area (Å²) in [6.45, 7) is 0.896. The second kappa shape index (κ2) is 6.97. The van der Waals surface area contributed by atoms with E-state index in [-0.39, 0.29) is 0 Å². The lowest BCUT2D eigenvalue weighted by molar-refractivity contribution is 0.345. The van der Waals surface area contributed by atoms with E-state index in [0.717, 1.165) is 24.6 Å². The normalized spacial score (nSPS) is 16.9. The third-order valence-electron chi connectivity index (χ3n) is 3.82. The Morgan fingerprint density at radius 2 is 1.75 bits per heavy atom. The maximum absolute atomic E-state index is 11.3. The first-order chi connectivity index (χ1) is 9.54. The van der Waals surface area contributed by atoms with Crippen molar-refractivity contribution in [2.75, 3.05) is 22.8 Å². The molecule has 0 saturated heterocycles. The average Bonchev–Trinajstić information content (AvgIpc) is 2.40. The van der Waals surface area contributed by atoms with Gasteiger partial charge in [-0.3, -0.25) is 4.72 Å². The first-order valence-corrected chi connectivity index (χ1v) is 9.24. The van der Waals surface area contributed by atoms with Gasteiger partial charge in [-0.1, -0.05) is 44.2 Å². The minimum absolute atomic E-state index is 0.624. The average molecular weight is 296 g/mol. The number of para-hydroxylation sites is 2. The van der Waals surface area contributed by atoms with Gasteiger partial charge in [0.25, 0.3) is 0 Å². The molecule has 2 N–H and O–H groups in total. The maximum atomic E-state index is 11.3. The monoisotopic (exact) mass is 296 g/mol. The van der Waals surface area contributed by atoms with Crippen LogP contribution in [-0.4, -0.2) is 21.2 Å². The zero-order chi connectivity index (χ0) is 14.4. The molecule has 0 radical (unpaired) electrons. The van der Waals surface area contributed by atoms with Gasteiger partial charge >= 0.3 is 0 Å². The minimum atomic E-state index is -3.24. The molecular formula is C15H24N2O2S. The quantitative estimate of drug-likeness (QED) is 0.845. The number of anilines is 2. The van der Waals surface area contributed by atoms with E-state index in [4.69, 9.17) is 0 Å². The van der Waals surface area contributed by atoms with Crippen molar-refractivity contribution in [3.63, 3.8) is 0 Å². The van der Waals surface area contributed by atoms with Gasteiger partial charge in [0.2, 0.25) is 10.0 Å². The number of nitrogens with one attached hydrogen (secondary N) is 2.